The molecule has 0 aliphatic rings. The molecule has 1 aromatic carbocycles. The summed E-state index contributed by atoms with van der Waals surface area (Å²) in [6.07, 6.45) is 1.19. The number of aromatic nitrogens is 2. The number of aromatic amines is 1. The van der Waals surface area contributed by atoms with E-state index >= 15 is 0 Å². The lowest BCUT2D eigenvalue weighted by molar-refractivity contribution is -0.116. The molecule has 0 saturated heterocycles. The standard InChI is InChI=1S/C12H10BrFN4O3/c13-7-4-18(12(21)17-11(7)20)5-10(19)16-9-3-6(14)1-2-8(9)15/h1-4H,5,15H2,(H,16,19)(H,17,20,21). The van der Waals surface area contributed by atoms with Crippen LogP contribution in [0.25, 0.3) is 0 Å². The Kier molecular flexibility index (Phi) is 4.22. The van der Waals surface area contributed by atoms with Gasteiger partial charge in [-0.25, -0.2) is 9.18 Å². The lowest BCUT2D eigenvalue weighted by Crippen LogP contribution is -2.33. The third kappa shape index (κ3) is 3.57. The summed E-state index contributed by atoms with van der Waals surface area (Å²) in [6, 6.07) is 3.54. The van der Waals surface area contributed by atoms with Crippen LogP contribution in [0.2, 0.25) is 0 Å². The van der Waals surface area contributed by atoms with Gasteiger partial charge in [0, 0.05) is 6.20 Å². The van der Waals surface area contributed by atoms with Crippen LogP contribution in [0, 0.1) is 5.82 Å². The van der Waals surface area contributed by atoms with E-state index in [2.05, 4.69) is 21.2 Å². The first kappa shape index (κ1) is 15.0. The lowest BCUT2D eigenvalue weighted by atomic mass is 10.2. The van der Waals surface area contributed by atoms with Gasteiger partial charge in [-0.2, -0.15) is 0 Å². The molecule has 0 unspecified atom stereocenters. The second-order valence-electron chi connectivity index (χ2n) is 4.14. The monoisotopic (exact) mass is 356 g/mol. The van der Waals surface area contributed by atoms with Gasteiger partial charge in [0.15, 0.2) is 0 Å². The van der Waals surface area contributed by atoms with Crippen LogP contribution >= 0.6 is 15.9 Å². The maximum absolute atomic E-state index is 13.1. The number of H-pyrrole nitrogens is 1. The zero-order valence-corrected chi connectivity index (χ0v) is 12.1. The summed E-state index contributed by atoms with van der Waals surface area (Å²) >= 11 is 2.95. The molecule has 110 valence electrons. The first-order valence-electron chi connectivity index (χ1n) is 5.71. The highest BCUT2D eigenvalue weighted by Gasteiger charge is 2.09. The molecular weight excluding hydrogens is 347 g/mol. The molecule has 9 heteroatoms. The highest BCUT2D eigenvalue weighted by Crippen LogP contribution is 2.19. The molecule has 0 aliphatic carbocycles. The Balaban J connectivity index is 2.19. The Morgan fingerprint density at radius 2 is 2.14 bits per heavy atom. The van der Waals surface area contributed by atoms with Crippen molar-refractivity contribution in [2.75, 3.05) is 11.1 Å². The highest BCUT2D eigenvalue weighted by molar-refractivity contribution is 9.10. The first-order chi connectivity index (χ1) is 9.86. The van der Waals surface area contributed by atoms with E-state index in [-0.39, 0.29) is 22.4 Å². The number of carbonyl (C=O) groups excluding carboxylic acids is 1. The Hall–Kier alpha value is -2.42. The van der Waals surface area contributed by atoms with Crippen LogP contribution < -0.4 is 22.3 Å². The number of nitrogens with zero attached hydrogens (tertiary/aromatic N) is 1. The Morgan fingerprint density at radius 3 is 2.86 bits per heavy atom. The zero-order chi connectivity index (χ0) is 15.6. The summed E-state index contributed by atoms with van der Waals surface area (Å²) in [5.41, 5.74) is 4.58. The summed E-state index contributed by atoms with van der Waals surface area (Å²) < 4.78 is 14.2. The van der Waals surface area contributed by atoms with Gasteiger partial charge in [-0.15, -0.1) is 0 Å². The number of nitrogens with two attached hydrogens (primary N) is 1. The number of hydrogen-bond donors (Lipinski definition) is 3. The summed E-state index contributed by atoms with van der Waals surface area (Å²) in [5, 5.41) is 2.39. The Labute approximate surface area is 125 Å². The Morgan fingerprint density at radius 1 is 1.43 bits per heavy atom. The van der Waals surface area contributed by atoms with Gasteiger partial charge in [0.25, 0.3) is 5.56 Å². The third-order valence-electron chi connectivity index (χ3n) is 2.57. The van der Waals surface area contributed by atoms with E-state index in [0.717, 1.165) is 16.7 Å². The maximum Gasteiger partial charge on any atom is 0.328 e. The van der Waals surface area contributed by atoms with Crippen molar-refractivity contribution in [3.8, 4) is 0 Å². The zero-order valence-electron chi connectivity index (χ0n) is 10.5. The smallest absolute Gasteiger partial charge is 0.328 e. The van der Waals surface area contributed by atoms with Gasteiger partial charge in [0.2, 0.25) is 5.91 Å². The minimum atomic E-state index is -0.731. The molecule has 2 rings (SSSR count). The van der Waals surface area contributed by atoms with Crippen molar-refractivity contribution in [3.63, 3.8) is 0 Å². The number of nitrogens with one attached hydrogen (secondary N) is 2. The Bertz CT molecular complexity index is 815. The molecule has 0 radical (unpaired) electrons. The molecule has 0 spiro atoms. The molecule has 0 aliphatic heterocycles. The average Bonchev–Trinajstić information content (AvgIpc) is 2.40. The van der Waals surface area contributed by atoms with Crippen molar-refractivity contribution >= 4 is 33.2 Å². The number of hydrogen-bond acceptors (Lipinski definition) is 4. The van der Waals surface area contributed by atoms with Crippen LogP contribution in [-0.2, 0) is 11.3 Å². The largest absolute Gasteiger partial charge is 0.397 e. The molecular formula is C12H10BrFN4O3. The highest BCUT2D eigenvalue weighted by atomic mass is 79.9. The van der Waals surface area contributed by atoms with Crippen LogP contribution in [0.3, 0.4) is 0 Å². The topological polar surface area (TPSA) is 110 Å². The van der Waals surface area contributed by atoms with Crippen molar-refractivity contribution in [2.45, 2.75) is 6.54 Å². The molecule has 4 N–H and O–H groups in total. The predicted octanol–water partition coefficient (Wildman–Crippen LogP) is 0.659. The number of halogens is 2. The van der Waals surface area contributed by atoms with Crippen molar-refractivity contribution in [2.24, 2.45) is 0 Å². The van der Waals surface area contributed by atoms with Gasteiger partial charge in [-0.3, -0.25) is 19.1 Å². The number of carbonyl (C=O) groups is 1. The predicted molar refractivity (Wildman–Crippen MR) is 78.5 cm³/mol. The number of amides is 1. The molecule has 0 fully saturated rings. The maximum atomic E-state index is 13.1. The van der Waals surface area contributed by atoms with E-state index in [1.54, 1.807) is 0 Å². The van der Waals surface area contributed by atoms with E-state index < -0.39 is 23.0 Å². The molecule has 2 aromatic rings. The van der Waals surface area contributed by atoms with Crippen LogP contribution in [0.4, 0.5) is 15.8 Å². The molecule has 0 saturated carbocycles. The van der Waals surface area contributed by atoms with Gasteiger partial charge in [-0.1, -0.05) is 0 Å². The quantitative estimate of drug-likeness (QED) is 0.701. The van der Waals surface area contributed by atoms with Gasteiger partial charge >= 0.3 is 5.69 Å². The molecule has 1 heterocycles. The van der Waals surface area contributed by atoms with Crippen LogP contribution in [0.1, 0.15) is 0 Å². The van der Waals surface area contributed by atoms with E-state index in [1.165, 1.54) is 12.3 Å². The number of anilines is 2. The lowest BCUT2D eigenvalue weighted by Gasteiger charge is -2.09. The summed E-state index contributed by atoms with van der Waals surface area (Å²) in [7, 11) is 0. The van der Waals surface area contributed by atoms with E-state index in [0.29, 0.717) is 0 Å². The SMILES string of the molecule is Nc1ccc(F)cc1NC(=O)Cn1cc(Br)c(=O)[nH]c1=O. The third-order valence-corrected chi connectivity index (χ3v) is 3.14. The number of nitrogen functional groups attached to an aromatic ring is 1. The second kappa shape index (κ2) is 5.92. The van der Waals surface area contributed by atoms with Crippen LogP contribution in [0.5, 0.6) is 0 Å². The van der Waals surface area contributed by atoms with E-state index in [9.17, 15) is 18.8 Å². The van der Waals surface area contributed by atoms with Crippen LogP contribution in [0.15, 0.2) is 38.5 Å². The van der Waals surface area contributed by atoms with Gasteiger partial charge in [0.1, 0.15) is 12.4 Å². The van der Waals surface area contributed by atoms with Crippen molar-refractivity contribution < 1.29 is 9.18 Å². The summed E-state index contributed by atoms with van der Waals surface area (Å²) in [4.78, 5) is 36.6. The molecule has 1 aromatic heterocycles. The van der Waals surface area contributed by atoms with E-state index in [4.69, 9.17) is 5.73 Å². The fourth-order valence-electron chi connectivity index (χ4n) is 1.58. The minimum absolute atomic E-state index is 0.108. The number of rotatable bonds is 3. The molecule has 0 atom stereocenters. The molecule has 21 heavy (non-hydrogen) atoms. The van der Waals surface area contributed by atoms with Crippen molar-refractivity contribution in [1.82, 2.24) is 9.55 Å². The second-order valence-corrected chi connectivity index (χ2v) is 5.00. The summed E-state index contributed by atoms with van der Waals surface area (Å²) in [6.45, 7) is -0.357. The molecule has 7 nitrogen and oxygen atoms in total. The summed E-state index contributed by atoms with van der Waals surface area (Å²) in [5.74, 6) is -1.14. The van der Waals surface area contributed by atoms with Gasteiger partial charge in [0.05, 0.1) is 15.8 Å². The normalized spacial score (nSPS) is 10.4. The minimum Gasteiger partial charge on any atom is -0.397 e. The molecule has 1 amide bonds. The van der Waals surface area contributed by atoms with Crippen molar-refractivity contribution in [1.29, 1.82) is 0 Å². The first-order valence-corrected chi connectivity index (χ1v) is 6.50. The molecule has 0 bridgehead atoms. The fourth-order valence-corrected chi connectivity index (χ4v) is 1.93. The van der Waals surface area contributed by atoms with Crippen molar-refractivity contribution in [3.05, 3.63) is 55.5 Å². The van der Waals surface area contributed by atoms with E-state index in [1.807, 2.05) is 4.98 Å². The number of benzene rings is 1. The fraction of sp³-hybridized carbons (Fsp3) is 0.0833. The van der Waals surface area contributed by atoms with Crippen LogP contribution in [-0.4, -0.2) is 15.5 Å². The van der Waals surface area contributed by atoms with Gasteiger partial charge < -0.3 is 11.1 Å². The van der Waals surface area contributed by atoms with Gasteiger partial charge in [-0.05, 0) is 34.1 Å². The average molecular weight is 357 g/mol.